The largest absolute Gasteiger partial charge is 0.379 e. The molecule has 0 aromatic heterocycles. The van der Waals surface area contributed by atoms with E-state index in [2.05, 4.69) is 52.4 Å². The summed E-state index contributed by atoms with van der Waals surface area (Å²) < 4.78 is 5.42. The lowest BCUT2D eigenvalue weighted by Gasteiger charge is -2.32. The second-order valence-corrected chi connectivity index (χ2v) is 9.05. The molecule has 2 saturated heterocycles. The summed E-state index contributed by atoms with van der Waals surface area (Å²) in [5.74, 6) is 0.809. The van der Waals surface area contributed by atoms with Gasteiger partial charge in [-0.15, -0.1) is 0 Å². The molecule has 2 aromatic rings. The lowest BCUT2D eigenvalue weighted by atomic mass is 9.98. The predicted octanol–water partition coefficient (Wildman–Crippen LogP) is 4.25. The van der Waals surface area contributed by atoms with Crippen LogP contribution in [0.1, 0.15) is 54.2 Å². The molecule has 0 aliphatic carbocycles. The van der Waals surface area contributed by atoms with Gasteiger partial charge in [-0.2, -0.15) is 0 Å². The van der Waals surface area contributed by atoms with E-state index in [-0.39, 0.29) is 11.9 Å². The highest BCUT2D eigenvalue weighted by atomic mass is 16.5. The number of nitrogens with zero attached hydrogens (tertiary/aromatic N) is 2. The molecule has 2 aliphatic rings. The Labute approximate surface area is 186 Å². The molecule has 4 rings (SSSR count). The smallest absolute Gasteiger partial charge is 0.251 e. The van der Waals surface area contributed by atoms with Gasteiger partial charge in [0.2, 0.25) is 0 Å². The fourth-order valence-corrected chi connectivity index (χ4v) is 4.43. The average molecular weight is 422 g/mol. The number of hydrogen-bond acceptors (Lipinski definition) is 4. The molecule has 1 N–H and O–H groups in total. The van der Waals surface area contributed by atoms with Crippen LogP contribution in [-0.4, -0.2) is 50.2 Å². The van der Waals surface area contributed by atoms with Crippen LogP contribution < -0.4 is 10.2 Å². The molecule has 5 nitrogen and oxygen atoms in total. The molecule has 31 heavy (non-hydrogen) atoms. The monoisotopic (exact) mass is 421 g/mol. The number of nitrogens with one attached hydrogen (secondary N) is 1. The Balaban J connectivity index is 1.34. The minimum Gasteiger partial charge on any atom is -0.379 e. The summed E-state index contributed by atoms with van der Waals surface area (Å²) >= 11 is 0. The van der Waals surface area contributed by atoms with Gasteiger partial charge in [-0.3, -0.25) is 9.69 Å². The maximum Gasteiger partial charge on any atom is 0.251 e. The van der Waals surface area contributed by atoms with Crippen LogP contribution in [0.2, 0.25) is 0 Å². The number of rotatable bonds is 6. The Morgan fingerprint density at radius 1 is 1.06 bits per heavy atom. The van der Waals surface area contributed by atoms with Crippen molar-refractivity contribution in [3.63, 3.8) is 0 Å². The van der Waals surface area contributed by atoms with Crippen LogP contribution in [-0.2, 0) is 11.3 Å². The number of anilines is 1. The van der Waals surface area contributed by atoms with Gasteiger partial charge in [-0.05, 0) is 61.1 Å². The van der Waals surface area contributed by atoms with Gasteiger partial charge in [0.1, 0.15) is 0 Å². The van der Waals surface area contributed by atoms with E-state index in [9.17, 15) is 4.79 Å². The molecule has 0 saturated carbocycles. The van der Waals surface area contributed by atoms with Crippen LogP contribution in [0.4, 0.5) is 5.69 Å². The predicted molar refractivity (Wildman–Crippen MR) is 125 cm³/mol. The molecule has 0 radical (unpaired) electrons. The van der Waals surface area contributed by atoms with Crippen molar-refractivity contribution in [1.29, 1.82) is 0 Å². The first-order chi connectivity index (χ1) is 15.1. The van der Waals surface area contributed by atoms with Crippen molar-refractivity contribution in [2.45, 2.75) is 39.3 Å². The van der Waals surface area contributed by atoms with Crippen molar-refractivity contribution < 1.29 is 9.53 Å². The Morgan fingerprint density at radius 2 is 1.77 bits per heavy atom. The molecule has 5 heteroatoms. The fraction of sp³-hybridized carbons (Fsp3) is 0.500. The van der Waals surface area contributed by atoms with Crippen molar-refractivity contribution >= 4 is 11.6 Å². The second kappa shape index (κ2) is 10.3. The van der Waals surface area contributed by atoms with Crippen LogP contribution >= 0.6 is 0 Å². The summed E-state index contributed by atoms with van der Waals surface area (Å²) in [6.07, 6.45) is 2.53. The highest BCUT2D eigenvalue weighted by Crippen LogP contribution is 2.24. The first-order valence-electron chi connectivity index (χ1n) is 11.6. The summed E-state index contributed by atoms with van der Waals surface area (Å²) in [7, 11) is 0. The van der Waals surface area contributed by atoms with Crippen LogP contribution in [0.25, 0.3) is 0 Å². The first-order valence-corrected chi connectivity index (χ1v) is 11.6. The van der Waals surface area contributed by atoms with E-state index in [1.54, 1.807) is 0 Å². The van der Waals surface area contributed by atoms with Crippen LogP contribution in [0.15, 0.2) is 48.5 Å². The van der Waals surface area contributed by atoms with E-state index < -0.39 is 0 Å². The lowest BCUT2D eigenvalue weighted by Crippen LogP contribution is -2.35. The van der Waals surface area contributed by atoms with Gasteiger partial charge in [-0.1, -0.05) is 31.2 Å². The number of carbonyl (C=O) groups is 1. The molecule has 0 bridgehead atoms. The van der Waals surface area contributed by atoms with Gasteiger partial charge in [0.05, 0.1) is 19.3 Å². The number of hydrogen-bond donors (Lipinski definition) is 1. The van der Waals surface area contributed by atoms with Crippen molar-refractivity contribution in [2.24, 2.45) is 5.92 Å². The molecular formula is C26H35N3O2. The zero-order valence-electron chi connectivity index (χ0n) is 18.8. The molecule has 2 aliphatic heterocycles. The third-order valence-electron chi connectivity index (χ3n) is 6.59. The number of morpholine rings is 1. The van der Waals surface area contributed by atoms with E-state index >= 15 is 0 Å². The zero-order chi connectivity index (χ0) is 21.6. The molecule has 0 spiro atoms. The number of carbonyl (C=O) groups excluding carboxylic acids is 1. The Kier molecular flexibility index (Phi) is 7.25. The molecule has 1 amide bonds. The number of piperidine rings is 1. The molecule has 2 aromatic carbocycles. The molecule has 1 atom stereocenters. The van der Waals surface area contributed by atoms with E-state index in [0.717, 1.165) is 63.0 Å². The highest BCUT2D eigenvalue weighted by Gasteiger charge is 2.17. The number of amides is 1. The third kappa shape index (κ3) is 5.86. The first kappa shape index (κ1) is 21.8. The Bertz CT molecular complexity index is 853. The summed E-state index contributed by atoms with van der Waals surface area (Å²) in [4.78, 5) is 17.7. The van der Waals surface area contributed by atoms with E-state index in [0.29, 0.717) is 0 Å². The summed E-state index contributed by atoms with van der Waals surface area (Å²) in [6.45, 7) is 11.0. The SMILES string of the molecule is CC1CCN(c2ccc([C@@H](C)NC(=O)c3cccc(CN4CCOCC4)c3)cc2)CC1. The zero-order valence-corrected chi connectivity index (χ0v) is 18.8. The minimum absolute atomic E-state index is 0.0228. The van der Waals surface area contributed by atoms with Crippen molar-refractivity contribution in [3.05, 3.63) is 65.2 Å². The summed E-state index contributed by atoms with van der Waals surface area (Å²) in [5, 5.41) is 3.16. The molecule has 2 heterocycles. The number of ether oxygens (including phenoxy) is 1. The van der Waals surface area contributed by atoms with Crippen LogP contribution in [0, 0.1) is 5.92 Å². The second-order valence-electron chi connectivity index (χ2n) is 9.05. The molecule has 0 unspecified atom stereocenters. The highest BCUT2D eigenvalue weighted by molar-refractivity contribution is 5.94. The van der Waals surface area contributed by atoms with Crippen molar-refractivity contribution in [1.82, 2.24) is 10.2 Å². The maximum atomic E-state index is 12.9. The number of benzene rings is 2. The van der Waals surface area contributed by atoms with Gasteiger partial charge >= 0.3 is 0 Å². The van der Waals surface area contributed by atoms with Crippen LogP contribution in [0.5, 0.6) is 0 Å². The normalized spacial score (nSPS) is 19.2. The Morgan fingerprint density at radius 3 is 2.48 bits per heavy atom. The topological polar surface area (TPSA) is 44.8 Å². The average Bonchev–Trinajstić information content (AvgIpc) is 2.80. The van der Waals surface area contributed by atoms with E-state index in [4.69, 9.17) is 4.74 Å². The lowest BCUT2D eigenvalue weighted by molar-refractivity contribution is 0.0342. The third-order valence-corrected chi connectivity index (χ3v) is 6.59. The van der Waals surface area contributed by atoms with E-state index in [1.165, 1.54) is 24.1 Å². The molecule has 2 fully saturated rings. The minimum atomic E-state index is -0.0363. The van der Waals surface area contributed by atoms with Gasteiger partial charge in [0, 0.05) is 44.0 Å². The van der Waals surface area contributed by atoms with Gasteiger partial charge < -0.3 is 15.0 Å². The molecular weight excluding hydrogens is 386 g/mol. The van der Waals surface area contributed by atoms with Gasteiger partial charge in [-0.25, -0.2) is 0 Å². The summed E-state index contributed by atoms with van der Waals surface area (Å²) in [5.41, 5.74) is 4.30. The summed E-state index contributed by atoms with van der Waals surface area (Å²) in [6, 6.07) is 16.6. The van der Waals surface area contributed by atoms with Gasteiger partial charge in [0.15, 0.2) is 0 Å². The van der Waals surface area contributed by atoms with Crippen molar-refractivity contribution in [3.8, 4) is 0 Å². The van der Waals surface area contributed by atoms with Crippen molar-refractivity contribution in [2.75, 3.05) is 44.3 Å². The standard InChI is InChI=1S/C26H35N3O2/c1-20-10-12-29(13-11-20)25-8-6-23(7-9-25)21(2)27-26(30)24-5-3-4-22(18-24)19-28-14-16-31-17-15-28/h3-9,18,20-21H,10-17,19H2,1-2H3,(H,27,30)/t21-/m1/s1. The van der Waals surface area contributed by atoms with E-state index in [1.807, 2.05) is 25.1 Å². The quantitative estimate of drug-likeness (QED) is 0.758. The van der Waals surface area contributed by atoms with Gasteiger partial charge in [0.25, 0.3) is 5.91 Å². The maximum absolute atomic E-state index is 12.9. The fourth-order valence-electron chi connectivity index (χ4n) is 4.43. The Hall–Kier alpha value is -2.37. The van der Waals surface area contributed by atoms with Crippen LogP contribution in [0.3, 0.4) is 0 Å². The molecule has 166 valence electrons.